The third kappa shape index (κ3) is 3.16. The monoisotopic (exact) mass is 406 g/mol. The molecule has 5 rings (SSSR count). The van der Waals surface area contributed by atoms with Crippen molar-refractivity contribution in [2.75, 3.05) is 31.1 Å². The first-order valence-electron chi connectivity index (χ1n) is 9.17. The summed E-state index contributed by atoms with van der Waals surface area (Å²) in [5.74, 6) is 1.09. The Morgan fingerprint density at radius 2 is 1.79 bits per heavy atom. The summed E-state index contributed by atoms with van der Waals surface area (Å²) < 4.78 is 0. The Balaban J connectivity index is 1.38. The number of anilines is 1. The van der Waals surface area contributed by atoms with Gasteiger partial charge in [0.05, 0.1) is 10.3 Å². The van der Waals surface area contributed by atoms with Crippen LogP contribution in [0.3, 0.4) is 0 Å². The minimum Gasteiger partial charge on any atom is -0.352 e. The van der Waals surface area contributed by atoms with Gasteiger partial charge in [0.15, 0.2) is 0 Å². The number of hydrogen-bond donors (Lipinski definition) is 0. The Bertz CT molecular complexity index is 1100. The van der Waals surface area contributed by atoms with E-state index in [9.17, 15) is 4.79 Å². The molecule has 0 N–H and O–H groups in total. The number of carbonyl (C=O) groups is 1. The van der Waals surface area contributed by atoms with Gasteiger partial charge in [0, 0.05) is 31.1 Å². The smallest absolute Gasteiger partial charge is 0.264 e. The van der Waals surface area contributed by atoms with Gasteiger partial charge in [-0.25, -0.2) is 9.97 Å². The molecule has 1 aliphatic rings. The highest BCUT2D eigenvalue weighted by molar-refractivity contribution is 7.21. The van der Waals surface area contributed by atoms with Crippen LogP contribution in [0.4, 0.5) is 5.82 Å². The molecule has 3 aromatic heterocycles. The van der Waals surface area contributed by atoms with Crippen molar-refractivity contribution in [1.29, 1.82) is 0 Å². The summed E-state index contributed by atoms with van der Waals surface area (Å²) >= 11 is 3.19. The van der Waals surface area contributed by atoms with Gasteiger partial charge >= 0.3 is 0 Å². The SMILES string of the molecule is O=C(c1cccs1)N1CCN(c2ncnc3sc(-c4ccccc4)cc23)CC1. The number of carbonyl (C=O) groups excluding carboxylic acids is 1. The number of fused-ring (bicyclic) bond motifs is 1. The van der Waals surface area contributed by atoms with E-state index in [-0.39, 0.29) is 5.91 Å². The third-order valence-electron chi connectivity index (χ3n) is 4.97. The molecule has 1 saturated heterocycles. The lowest BCUT2D eigenvalue weighted by Gasteiger charge is -2.35. The van der Waals surface area contributed by atoms with Crippen LogP contribution in [0.25, 0.3) is 20.7 Å². The Morgan fingerprint density at radius 1 is 0.964 bits per heavy atom. The van der Waals surface area contributed by atoms with Gasteiger partial charge in [0.2, 0.25) is 0 Å². The molecule has 4 heterocycles. The van der Waals surface area contributed by atoms with Gasteiger partial charge in [0.25, 0.3) is 5.91 Å². The number of hydrogen-bond acceptors (Lipinski definition) is 6. The van der Waals surface area contributed by atoms with E-state index in [0.717, 1.165) is 34.0 Å². The van der Waals surface area contributed by atoms with Crippen molar-refractivity contribution in [3.05, 3.63) is 65.1 Å². The van der Waals surface area contributed by atoms with Crippen LogP contribution < -0.4 is 4.90 Å². The minimum atomic E-state index is 0.129. The standard InChI is InChI=1S/C21H18N4OS2/c26-21(17-7-4-12-27-17)25-10-8-24(9-11-25)19-16-13-18(15-5-2-1-3-6-15)28-20(16)23-14-22-19/h1-7,12-14H,8-11H2. The predicted octanol–water partition coefficient (Wildman–Crippen LogP) is 4.38. The molecule has 1 aliphatic heterocycles. The number of piperazine rings is 1. The Hall–Kier alpha value is -2.77. The minimum absolute atomic E-state index is 0.129. The van der Waals surface area contributed by atoms with Crippen molar-refractivity contribution >= 4 is 44.6 Å². The largest absolute Gasteiger partial charge is 0.352 e. The summed E-state index contributed by atoms with van der Waals surface area (Å²) in [7, 11) is 0. The van der Waals surface area contributed by atoms with E-state index in [4.69, 9.17) is 0 Å². The van der Waals surface area contributed by atoms with Gasteiger partial charge in [0.1, 0.15) is 17.0 Å². The Kier molecular flexibility index (Phi) is 4.54. The molecule has 0 spiro atoms. The van der Waals surface area contributed by atoms with Gasteiger partial charge in [-0.1, -0.05) is 36.4 Å². The molecule has 0 unspecified atom stereocenters. The maximum Gasteiger partial charge on any atom is 0.264 e. The highest BCUT2D eigenvalue weighted by atomic mass is 32.1. The summed E-state index contributed by atoms with van der Waals surface area (Å²) in [6.45, 7) is 2.97. The van der Waals surface area contributed by atoms with Gasteiger partial charge in [-0.3, -0.25) is 4.79 Å². The third-order valence-corrected chi connectivity index (χ3v) is 6.92. The topological polar surface area (TPSA) is 49.3 Å². The van der Waals surface area contributed by atoms with Gasteiger partial charge < -0.3 is 9.80 Å². The Labute approximate surface area is 170 Å². The van der Waals surface area contributed by atoms with Crippen LogP contribution in [0.5, 0.6) is 0 Å². The second-order valence-electron chi connectivity index (χ2n) is 6.65. The number of amides is 1. The lowest BCUT2D eigenvalue weighted by molar-refractivity contribution is 0.0751. The summed E-state index contributed by atoms with van der Waals surface area (Å²) in [6, 6.07) is 16.4. The van der Waals surface area contributed by atoms with E-state index in [2.05, 4.69) is 45.2 Å². The average Bonchev–Trinajstić information content (AvgIpc) is 3.44. The lowest BCUT2D eigenvalue weighted by Crippen LogP contribution is -2.49. The predicted molar refractivity (Wildman–Crippen MR) is 115 cm³/mol. The normalized spacial score (nSPS) is 14.6. The molecule has 140 valence electrons. The molecule has 4 aromatic rings. The number of nitrogens with zero attached hydrogens (tertiary/aromatic N) is 4. The van der Waals surface area contributed by atoms with Crippen LogP contribution in [0.15, 0.2) is 60.2 Å². The molecule has 1 aromatic carbocycles. The fourth-order valence-electron chi connectivity index (χ4n) is 3.52. The molecule has 7 heteroatoms. The Morgan fingerprint density at radius 3 is 2.54 bits per heavy atom. The molecular formula is C21H18N4OS2. The zero-order chi connectivity index (χ0) is 18.9. The number of aromatic nitrogens is 2. The van der Waals surface area contributed by atoms with Crippen LogP contribution in [0.1, 0.15) is 9.67 Å². The molecule has 5 nitrogen and oxygen atoms in total. The summed E-state index contributed by atoms with van der Waals surface area (Å²) in [5, 5.41) is 3.03. The van der Waals surface area contributed by atoms with Crippen LogP contribution in [-0.4, -0.2) is 47.0 Å². The van der Waals surface area contributed by atoms with Crippen molar-refractivity contribution in [3.8, 4) is 10.4 Å². The molecule has 0 saturated carbocycles. The first-order chi connectivity index (χ1) is 13.8. The highest BCUT2D eigenvalue weighted by Crippen LogP contribution is 2.36. The van der Waals surface area contributed by atoms with Crippen molar-refractivity contribution in [1.82, 2.24) is 14.9 Å². The van der Waals surface area contributed by atoms with Crippen molar-refractivity contribution in [2.45, 2.75) is 0 Å². The number of thiophene rings is 2. The summed E-state index contributed by atoms with van der Waals surface area (Å²) in [4.78, 5) is 28.8. The second kappa shape index (κ2) is 7.33. The maximum absolute atomic E-state index is 12.6. The molecule has 0 atom stereocenters. The fraction of sp³-hybridized carbons (Fsp3) is 0.190. The van der Waals surface area contributed by atoms with Gasteiger partial charge in [-0.2, -0.15) is 0 Å². The van der Waals surface area contributed by atoms with Crippen molar-refractivity contribution < 1.29 is 4.79 Å². The zero-order valence-electron chi connectivity index (χ0n) is 15.1. The molecule has 1 fully saturated rings. The molecule has 28 heavy (non-hydrogen) atoms. The van der Waals surface area contributed by atoms with E-state index < -0.39 is 0 Å². The fourth-order valence-corrected chi connectivity index (χ4v) is 5.21. The molecule has 0 aliphatic carbocycles. The van der Waals surface area contributed by atoms with Crippen molar-refractivity contribution in [3.63, 3.8) is 0 Å². The molecule has 0 radical (unpaired) electrons. The highest BCUT2D eigenvalue weighted by Gasteiger charge is 2.25. The van der Waals surface area contributed by atoms with Crippen LogP contribution in [0, 0.1) is 0 Å². The van der Waals surface area contributed by atoms with E-state index in [1.54, 1.807) is 17.7 Å². The van der Waals surface area contributed by atoms with Crippen molar-refractivity contribution in [2.24, 2.45) is 0 Å². The van der Waals surface area contributed by atoms with E-state index in [1.807, 2.05) is 28.5 Å². The second-order valence-corrected chi connectivity index (χ2v) is 8.63. The summed E-state index contributed by atoms with van der Waals surface area (Å²) in [6.07, 6.45) is 1.64. The number of benzene rings is 1. The van der Waals surface area contributed by atoms with Crippen LogP contribution in [0.2, 0.25) is 0 Å². The molecule has 1 amide bonds. The molecule has 0 bridgehead atoms. The van der Waals surface area contributed by atoms with E-state index in [0.29, 0.717) is 13.1 Å². The zero-order valence-corrected chi connectivity index (χ0v) is 16.7. The quantitative estimate of drug-likeness (QED) is 0.507. The van der Waals surface area contributed by atoms with E-state index in [1.165, 1.54) is 21.8 Å². The average molecular weight is 407 g/mol. The van der Waals surface area contributed by atoms with Gasteiger partial charge in [-0.15, -0.1) is 22.7 Å². The summed E-state index contributed by atoms with van der Waals surface area (Å²) in [5.41, 5.74) is 1.20. The maximum atomic E-state index is 12.6. The van der Waals surface area contributed by atoms with Crippen LogP contribution in [-0.2, 0) is 0 Å². The number of rotatable bonds is 3. The lowest BCUT2D eigenvalue weighted by atomic mass is 10.2. The first-order valence-corrected chi connectivity index (χ1v) is 10.9. The van der Waals surface area contributed by atoms with Gasteiger partial charge in [-0.05, 0) is 23.1 Å². The first kappa shape index (κ1) is 17.3. The molecular weight excluding hydrogens is 388 g/mol. The van der Waals surface area contributed by atoms with E-state index >= 15 is 0 Å². The van der Waals surface area contributed by atoms with Crippen LogP contribution >= 0.6 is 22.7 Å².